The second-order valence-electron chi connectivity index (χ2n) is 5.84. The number of halogens is 2. The van der Waals surface area contributed by atoms with Gasteiger partial charge in [-0.2, -0.15) is 8.78 Å². The second-order valence-corrected chi connectivity index (χ2v) is 6.82. The van der Waals surface area contributed by atoms with Crippen molar-refractivity contribution in [3.63, 3.8) is 0 Å². The molecule has 0 radical (unpaired) electrons. The molecule has 4 aromatic rings. The largest absolute Gasteiger partial charge is 0.322 e. The third kappa shape index (κ3) is 3.72. The van der Waals surface area contributed by atoms with E-state index in [0.717, 1.165) is 16.7 Å². The predicted octanol–water partition coefficient (Wildman–Crippen LogP) is 4.99. The fourth-order valence-electron chi connectivity index (χ4n) is 2.81. The Balaban J connectivity index is 1.55. The van der Waals surface area contributed by atoms with E-state index < -0.39 is 11.7 Å². The van der Waals surface area contributed by atoms with E-state index in [4.69, 9.17) is 0 Å². The molecule has 0 fully saturated rings. The van der Waals surface area contributed by atoms with Crippen molar-refractivity contribution >= 4 is 34.4 Å². The van der Waals surface area contributed by atoms with Crippen LogP contribution in [-0.4, -0.2) is 26.2 Å². The molecule has 0 aliphatic heterocycles. The second kappa shape index (κ2) is 7.77. The molecule has 140 valence electrons. The van der Waals surface area contributed by atoms with Gasteiger partial charge in [0.05, 0.1) is 16.6 Å². The molecular weight excluding hydrogens is 382 g/mol. The van der Waals surface area contributed by atoms with Crippen LogP contribution in [0.1, 0.15) is 10.4 Å². The SMILES string of the molecule is O=C(Nc1ccc(-n2cnc3ccccc32)cc1)c1cccnc1SC(F)F. The molecule has 4 rings (SSSR count). The summed E-state index contributed by atoms with van der Waals surface area (Å²) in [5, 5.41) is 2.72. The van der Waals surface area contributed by atoms with Crippen molar-refractivity contribution in [1.82, 2.24) is 14.5 Å². The summed E-state index contributed by atoms with van der Waals surface area (Å²) in [6.45, 7) is 0. The van der Waals surface area contributed by atoms with Gasteiger partial charge in [-0.15, -0.1) is 0 Å². The Kier molecular flexibility index (Phi) is 5.03. The molecule has 1 amide bonds. The summed E-state index contributed by atoms with van der Waals surface area (Å²) in [5.41, 5.74) is 3.42. The first-order valence-corrected chi connectivity index (χ1v) is 9.23. The van der Waals surface area contributed by atoms with Gasteiger partial charge < -0.3 is 5.32 Å². The number of imidazole rings is 1. The monoisotopic (exact) mass is 396 g/mol. The Hall–Kier alpha value is -3.26. The first kappa shape index (κ1) is 18.1. The number of carbonyl (C=O) groups excluding carboxylic acids is 1. The number of thioether (sulfide) groups is 1. The van der Waals surface area contributed by atoms with Crippen LogP contribution in [0.3, 0.4) is 0 Å². The molecule has 0 aliphatic rings. The minimum Gasteiger partial charge on any atom is -0.322 e. The fraction of sp³-hybridized carbons (Fsp3) is 0.0500. The smallest absolute Gasteiger partial charge is 0.290 e. The summed E-state index contributed by atoms with van der Waals surface area (Å²) in [5.74, 6) is -3.14. The number of para-hydroxylation sites is 2. The quantitative estimate of drug-likeness (QED) is 0.483. The van der Waals surface area contributed by atoms with E-state index in [0.29, 0.717) is 5.69 Å². The molecular formula is C20H14F2N4OS. The van der Waals surface area contributed by atoms with Crippen LogP contribution in [-0.2, 0) is 0 Å². The number of alkyl halides is 2. The number of hydrogen-bond donors (Lipinski definition) is 1. The Morgan fingerprint density at radius 3 is 2.57 bits per heavy atom. The number of aromatic nitrogens is 3. The number of benzene rings is 2. The van der Waals surface area contributed by atoms with Crippen LogP contribution >= 0.6 is 11.8 Å². The molecule has 8 heteroatoms. The molecule has 5 nitrogen and oxygen atoms in total. The number of hydrogen-bond acceptors (Lipinski definition) is 4. The molecule has 0 bridgehead atoms. The molecule has 2 aromatic carbocycles. The van der Waals surface area contributed by atoms with Crippen LogP contribution in [0.25, 0.3) is 16.7 Å². The number of fused-ring (bicyclic) bond motifs is 1. The summed E-state index contributed by atoms with van der Waals surface area (Å²) >= 11 is 0.250. The highest BCUT2D eigenvalue weighted by Gasteiger charge is 2.16. The third-order valence-electron chi connectivity index (χ3n) is 4.07. The van der Waals surface area contributed by atoms with Gasteiger partial charge >= 0.3 is 0 Å². The highest BCUT2D eigenvalue weighted by molar-refractivity contribution is 7.99. The van der Waals surface area contributed by atoms with Crippen LogP contribution in [0.5, 0.6) is 0 Å². The van der Waals surface area contributed by atoms with E-state index >= 15 is 0 Å². The summed E-state index contributed by atoms with van der Waals surface area (Å²) in [6, 6.07) is 18.0. The van der Waals surface area contributed by atoms with Crippen molar-refractivity contribution < 1.29 is 13.6 Å². The first-order chi connectivity index (χ1) is 13.6. The van der Waals surface area contributed by atoms with Gasteiger partial charge in [0.25, 0.3) is 11.7 Å². The lowest BCUT2D eigenvalue weighted by atomic mass is 10.2. The average molecular weight is 396 g/mol. The van der Waals surface area contributed by atoms with Crippen molar-refractivity contribution in [1.29, 1.82) is 0 Å². The zero-order chi connectivity index (χ0) is 19.5. The summed E-state index contributed by atoms with van der Waals surface area (Å²) in [6.07, 6.45) is 3.12. The Morgan fingerprint density at radius 2 is 1.79 bits per heavy atom. The number of rotatable bonds is 5. The number of nitrogens with zero attached hydrogens (tertiary/aromatic N) is 3. The van der Waals surface area contributed by atoms with Crippen LogP contribution in [0.2, 0.25) is 0 Å². The lowest BCUT2D eigenvalue weighted by molar-refractivity contribution is 0.102. The minimum absolute atomic E-state index is 0.00324. The Morgan fingerprint density at radius 1 is 1.00 bits per heavy atom. The van der Waals surface area contributed by atoms with E-state index in [2.05, 4.69) is 15.3 Å². The number of anilines is 1. The van der Waals surface area contributed by atoms with E-state index in [9.17, 15) is 13.6 Å². The first-order valence-electron chi connectivity index (χ1n) is 8.35. The molecule has 0 atom stereocenters. The molecule has 28 heavy (non-hydrogen) atoms. The van der Waals surface area contributed by atoms with Crippen LogP contribution in [0, 0.1) is 0 Å². The molecule has 1 N–H and O–H groups in total. The number of pyridine rings is 1. The summed E-state index contributed by atoms with van der Waals surface area (Å²) < 4.78 is 27.3. The number of nitrogens with one attached hydrogen (secondary N) is 1. The van der Waals surface area contributed by atoms with Gasteiger partial charge in [0.15, 0.2) is 0 Å². The van der Waals surface area contributed by atoms with Gasteiger partial charge in [0.1, 0.15) is 11.4 Å². The van der Waals surface area contributed by atoms with Crippen LogP contribution in [0.15, 0.2) is 78.2 Å². The third-order valence-corrected chi connectivity index (χ3v) is 4.80. The summed E-state index contributed by atoms with van der Waals surface area (Å²) in [7, 11) is 0. The predicted molar refractivity (Wildman–Crippen MR) is 105 cm³/mol. The molecule has 0 aliphatic carbocycles. The topological polar surface area (TPSA) is 59.8 Å². The highest BCUT2D eigenvalue weighted by Crippen LogP contribution is 2.27. The lowest BCUT2D eigenvalue weighted by Gasteiger charge is -2.10. The maximum Gasteiger partial charge on any atom is 0.290 e. The minimum atomic E-state index is -2.65. The Bertz CT molecular complexity index is 1130. The van der Waals surface area contributed by atoms with Gasteiger partial charge in [-0.05, 0) is 60.3 Å². The van der Waals surface area contributed by atoms with Gasteiger partial charge in [-0.1, -0.05) is 12.1 Å². The van der Waals surface area contributed by atoms with Gasteiger partial charge in [-0.3, -0.25) is 9.36 Å². The molecule has 2 heterocycles. The standard InChI is InChI=1S/C20H14F2N4OS/c21-20(22)28-19-15(4-3-11-23-19)18(27)25-13-7-9-14(10-8-13)26-12-24-16-5-1-2-6-17(16)26/h1-12,20H,(H,25,27). The van der Waals surface area contributed by atoms with E-state index in [1.165, 1.54) is 18.3 Å². The molecule has 0 unspecified atom stereocenters. The average Bonchev–Trinajstić information content (AvgIpc) is 3.13. The van der Waals surface area contributed by atoms with Gasteiger partial charge in [0, 0.05) is 17.6 Å². The zero-order valence-corrected chi connectivity index (χ0v) is 15.2. The van der Waals surface area contributed by atoms with Crippen LogP contribution in [0.4, 0.5) is 14.5 Å². The number of carbonyl (C=O) groups is 1. The maximum atomic E-state index is 12.7. The number of amides is 1. The van der Waals surface area contributed by atoms with Crippen molar-refractivity contribution in [3.05, 3.63) is 78.8 Å². The van der Waals surface area contributed by atoms with Gasteiger partial charge in [0.2, 0.25) is 0 Å². The van der Waals surface area contributed by atoms with Crippen molar-refractivity contribution in [3.8, 4) is 5.69 Å². The van der Waals surface area contributed by atoms with E-state index in [1.54, 1.807) is 18.5 Å². The molecule has 0 spiro atoms. The molecule has 0 saturated carbocycles. The Labute approximate surface area is 163 Å². The van der Waals surface area contributed by atoms with Gasteiger partial charge in [-0.25, -0.2) is 9.97 Å². The fourth-order valence-corrected chi connectivity index (χ4v) is 3.39. The maximum absolute atomic E-state index is 12.7. The van der Waals surface area contributed by atoms with Crippen molar-refractivity contribution in [2.75, 3.05) is 5.32 Å². The van der Waals surface area contributed by atoms with Crippen molar-refractivity contribution in [2.45, 2.75) is 10.8 Å². The normalized spacial score (nSPS) is 11.1. The van der Waals surface area contributed by atoms with Crippen LogP contribution < -0.4 is 5.32 Å². The molecule has 2 aromatic heterocycles. The van der Waals surface area contributed by atoms with E-state index in [1.807, 2.05) is 41.0 Å². The van der Waals surface area contributed by atoms with E-state index in [-0.39, 0.29) is 22.4 Å². The summed E-state index contributed by atoms with van der Waals surface area (Å²) in [4.78, 5) is 20.7. The highest BCUT2D eigenvalue weighted by atomic mass is 32.2. The lowest BCUT2D eigenvalue weighted by Crippen LogP contribution is -2.14. The zero-order valence-electron chi connectivity index (χ0n) is 14.4. The van der Waals surface area contributed by atoms with Crippen molar-refractivity contribution in [2.24, 2.45) is 0 Å². The molecule has 0 saturated heterocycles.